The van der Waals surface area contributed by atoms with Crippen LogP contribution in [0.1, 0.15) is 5.69 Å². The van der Waals surface area contributed by atoms with Crippen molar-refractivity contribution >= 4 is 5.69 Å². The minimum absolute atomic E-state index is 0.0366. The maximum Gasteiger partial charge on any atom is 0.269 e. The van der Waals surface area contributed by atoms with Gasteiger partial charge in [0.15, 0.2) is 0 Å². The number of benzene rings is 1. The molecule has 0 atom stereocenters. The number of hydrogen-bond donors (Lipinski definition) is 0. The Morgan fingerprint density at radius 3 is 2.47 bits per heavy atom. The summed E-state index contributed by atoms with van der Waals surface area (Å²) in [6.07, 6.45) is 0. The zero-order valence-electron chi connectivity index (χ0n) is 9.45. The number of nitro benzene ring substituents is 1. The van der Waals surface area contributed by atoms with Gasteiger partial charge in [-0.3, -0.25) is 14.8 Å². The third-order valence-corrected chi connectivity index (χ3v) is 2.36. The minimum atomic E-state index is -0.450. The summed E-state index contributed by atoms with van der Waals surface area (Å²) < 4.78 is 7.16. The largest absolute Gasteiger partial charge is 0.438 e. The number of non-ortho nitro benzene ring substituents is 1. The number of ether oxygens (including phenoxy) is 1. The van der Waals surface area contributed by atoms with Crippen LogP contribution in [0.2, 0.25) is 0 Å². The van der Waals surface area contributed by atoms with E-state index in [2.05, 4.69) is 5.10 Å². The van der Waals surface area contributed by atoms with E-state index in [-0.39, 0.29) is 5.69 Å². The SMILES string of the molecule is Cc1cc(Oc2ccc([N+](=O)[O-])cc2)nn1C. The molecule has 0 unspecified atom stereocenters. The van der Waals surface area contributed by atoms with Gasteiger partial charge in [0.2, 0.25) is 5.88 Å². The fourth-order valence-electron chi connectivity index (χ4n) is 1.33. The lowest BCUT2D eigenvalue weighted by Gasteiger charge is -2.00. The van der Waals surface area contributed by atoms with E-state index < -0.39 is 4.92 Å². The third kappa shape index (κ3) is 2.41. The average Bonchev–Trinajstić information content (AvgIpc) is 2.58. The molecule has 0 radical (unpaired) electrons. The summed E-state index contributed by atoms with van der Waals surface area (Å²) in [6, 6.07) is 7.67. The van der Waals surface area contributed by atoms with Crippen LogP contribution in [0.25, 0.3) is 0 Å². The monoisotopic (exact) mass is 233 g/mol. The van der Waals surface area contributed by atoms with Crippen LogP contribution in [0.3, 0.4) is 0 Å². The standard InChI is InChI=1S/C11H11N3O3/c1-8-7-11(12-13(8)2)17-10-5-3-9(4-6-10)14(15)16/h3-7H,1-2H3. The smallest absolute Gasteiger partial charge is 0.269 e. The van der Waals surface area contributed by atoms with Crippen molar-refractivity contribution in [2.24, 2.45) is 7.05 Å². The van der Waals surface area contributed by atoms with Crippen LogP contribution in [0.4, 0.5) is 5.69 Å². The van der Waals surface area contributed by atoms with E-state index >= 15 is 0 Å². The fraction of sp³-hybridized carbons (Fsp3) is 0.182. The number of hydrogen-bond acceptors (Lipinski definition) is 4. The van der Waals surface area contributed by atoms with Gasteiger partial charge in [0.25, 0.3) is 5.69 Å². The zero-order valence-corrected chi connectivity index (χ0v) is 9.45. The molecule has 0 bridgehead atoms. The summed E-state index contributed by atoms with van der Waals surface area (Å²) in [5, 5.41) is 14.6. The van der Waals surface area contributed by atoms with E-state index in [0.717, 1.165) is 5.69 Å². The van der Waals surface area contributed by atoms with Crippen LogP contribution in [-0.2, 0) is 7.05 Å². The van der Waals surface area contributed by atoms with Crippen molar-refractivity contribution in [3.63, 3.8) is 0 Å². The summed E-state index contributed by atoms with van der Waals surface area (Å²) in [5.74, 6) is 0.993. The molecule has 6 heteroatoms. The van der Waals surface area contributed by atoms with Gasteiger partial charge in [0.1, 0.15) is 5.75 Å². The van der Waals surface area contributed by atoms with Crippen molar-refractivity contribution in [3.05, 3.63) is 46.1 Å². The maximum atomic E-state index is 10.5. The van der Waals surface area contributed by atoms with Crippen molar-refractivity contribution in [3.8, 4) is 11.6 Å². The minimum Gasteiger partial charge on any atom is -0.438 e. The molecule has 0 N–H and O–H groups in total. The number of nitrogens with zero attached hydrogens (tertiary/aromatic N) is 3. The van der Waals surface area contributed by atoms with E-state index in [9.17, 15) is 10.1 Å². The first-order valence-corrected chi connectivity index (χ1v) is 4.99. The van der Waals surface area contributed by atoms with Crippen LogP contribution in [0, 0.1) is 17.0 Å². The summed E-state index contributed by atoms with van der Waals surface area (Å²) in [4.78, 5) is 10.0. The van der Waals surface area contributed by atoms with E-state index in [0.29, 0.717) is 11.6 Å². The van der Waals surface area contributed by atoms with E-state index in [1.165, 1.54) is 12.1 Å². The molecule has 0 saturated heterocycles. The molecule has 1 aromatic heterocycles. The summed E-state index contributed by atoms with van der Waals surface area (Å²) in [7, 11) is 1.82. The van der Waals surface area contributed by atoms with Gasteiger partial charge < -0.3 is 4.74 Å². The van der Waals surface area contributed by atoms with Crippen LogP contribution >= 0.6 is 0 Å². The van der Waals surface area contributed by atoms with Crippen molar-refractivity contribution in [1.29, 1.82) is 0 Å². The Kier molecular flexibility index (Phi) is 2.78. The van der Waals surface area contributed by atoms with Crippen LogP contribution in [0.15, 0.2) is 30.3 Å². The molecular weight excluding hydrogens is 222 g/mol. The first-order valence-electron chi connectivity index (χ1n) is 4.99. The Morgan fingerprint density at radius 1 is 1.35 bits per heavy atom. The van der Waals surface area contributed by atoms with Gasteiger partial charge in [-0.05, 0) is 19.1 Å². The molecule has 2 aromatic rings. The topological polar surface area (TPSA) is 70.2 Å². The molecule has 0 aliphatic heterocycles. The Hall–Kier alpha value is -2.37. The Morgan fingerprint density at radius 2 is 2.00 bits per heavy atom. The van der Waals surface area contributed by atoms with Gasteiger partial charge in [-0.1, -0.05) is 0 Å². The van der Waals surface area contributed by atoms with Crippen LogP contribution in [0.5, 0.6) is 11.6 Å². The lowest BCUT2D eigenvalue weighted by Crippen LogP contribution is -1.93. The van der Waals surface area contributed by atoms with Crippen molar-refractivity contribution in [2.45, 2.75) is 6.92 Å². The molecule has 17 heavy (non-hydrogen) atoms. The normalized spacial score (nSPS) is 10.2. The van der Waals surface area contributed by atoms with Crippen LogP contribution < -0.4 is 4.74 Å². The van der Waals surface area contributed by atoms with Crippen molar-refractivity contribution in [2.75, 3.05) is 0 Å². The lowest BCUT2D eigenvalue weighted by atomic mass is 10.3. The molecule has 0 saturated carbocycles. The molecule has 1 aromatic carbocycles. The molecule has 0 aliphatic rings. The molecular formula is C11H11N3O3. The summed E-state index contributed by atoms with van der Waals surface area (Å²) in [5.41, 5.74) is 1.01. The molecule has 2 rings (SSSR count). The first kappa shape index (κ1) is 11.1. The summed E-state index contributed by atoms with van der Waals surface area (Å²) >= 11 is 0. The quantitative estimate of drug-likeness (QED) is 0.603. The van der Waals surface area contributed by atoms with E-state index in [1.54, 1.807) is 22.9 Å². The molecule has 1 heterocycles. The van der Waals surface area contributed by atoms with Gasteiger partial charge >= 0.3 is 0 Å². The molecule has 0 fully saturated rings. The second kappa shape index (κ2) is 4.25. The highest BCUT2D eigenvalue weighted by Gasteiger charge is 2.07. The highest BCUT2D eigenvalue weighted by atomic mass is 16.6. The van der Waals surface area contributed by atoms with Gasteiger partial charge in [-0.15, -0.1) is 5.10 Å². The van der Waals surface area contributed by atoms with Gasteiger partial charge in [0, 0.05) is 30.9 Å². The van der Waals surface area contributed by atoms with Gasteiger partial charge in [0.05, 0.1) is 4.92 Å². The summed E-state index contributed by atoms with van der Waals surface area (Å²) in [6.45, 7) is 1.91. The lowest BCUT2D eigenvalue weighted by molar-refractivity contribution is -0.384. The second-order valence-corrected chi connectivity index (χ2v) is 3.60. The molecule has 0 spiro atoms. The predicted octanol–water partition coefficient (Wildman–Crippen LogP) is 2.43. The number of aromatic nitrogens is 2. The molecule has 6 nitrogen and oxygen atoms in total. The molecule has 0 amide bonds. The zero-order chi connectivity index (χ0) is 12.4. The first-order chi connectivity index (χ1) is 8.06. The van der Waals surface area contributed by atoms with Crippen molar-refractivity contribution in [1.82, 2.24) is 9.78 Å². The fourth-order valence-corrected chi connectivity index (χ4v) is 1.33. The second-order valence-electron chi connectivity index (χ2n) is 3.60. The predicted molar refractivity (Wildman–Crippen MR) is 61.1 cm³/mol. The Labute approximate surface area is 97.6 Å². The Balaban J connectivity index is 2.16. The van der Waals surface area contributed by atoms with Gasteiger partial charge in [-0.25, -0.2) is 0 Å². The van der Waals surface area contributed by atoms with Gasteiger partial charge in [-0.2, -0.15) is 0 Å². The molecule has 0 aliphatic carbocycles. The van der Waals surface area contributed by atoms with E-state index in [4.69, 9.17) is 4.74 Å². The number of rotatable bonds is 3. The number of nitro groups is 1. The highest BCUT2D eigenvalue weighted by molar-refractivity contribution is 5.37. The Bertz CT molecular complexity index is 526. The highest BCUT2D eigenvalue weighted by Crippen LogP contribution is 2.23. The van der Waals surface area contributed by atoms with Crippen molar-refractivity contribution < 1.29 is 9.66 Å². The molecule has 88 valence electrons. The maximum absolute atomic E-state index is 10.5. The average molecular weight is 233 g/mol. The number of aryl methyl sites for hydroxylation is 2. The van der Waals surface area contributed by atoms with Crippen LogP contribution in [-0.4, -0.2) is 14.7 Å². The van der Waals surface area contributed by atoms with E-state index in [1.807, 2.05) is 14.0 Å². The third-order valence-electron chi connectivity index (χ3n) is 2.36.